The first-order valence-electron chi connectivity index (χ1n) is 8.42. The molecule has 5 nitrogen and oxygen atoms in total. The van der Waals surface area contributed by atoms with Crippen LogP contribution in [0.5, 0.6) is 0 Å². The van der Waals surface area contributed by atoms with Gasteiger partial charge in [-0.25, -0.2) is 23.6 Å². The van der Waals surface area contributed by atoms with E-state index in [9.17, 15) is 26.7 Å². The van der Waals surface area contributed by atoms with E-state index in [-0.39, 0.29) is 25.2 Å². The quantitative estimate of drug-likeness (QED) is 0.188. The summed E-state index contributed by atoms with van der Waals surface area (Å²) in [6.45, 7) is 4.83. The molecular weight excluding hydrogens is 375 g/mol. The standard InChI is InChI=1S/C17H21F5N2O3/c1-4-7-8-26-9-23-12-10(5-2)11(16(25)27-6-3)14(17(20,21)22)24-13(12)15(18)19/h9,15H,4-8H2,1-3H3. The molecule has 0 amide bonds. The smallest absolute Gasteiger partial charge is 0.434 e. The predicted octanol–water partition coefficient (Wildman–Crippen LogP) is 5.25. The van der Waals surface area contributed by atoms with E-state index in [0.29, 0.717) is 6.42 Å². The van der Waals surface area contributed by atoms with Crippen LogP contribution < -0.4 is 0 Å². The zero-order valence-electron chi connectivity index (χ0n) is 15.2. The van der Waals surface area contributed by atoms with Crippen molar-refractivity contribution >= 4 is 18.1 Å². The SMILES string of the molecule is CCCCOC=Nc1c(C(F)F)nc(C(F)(F)F)c(C(=O)OCC)c1CC. The molecule has 0 saturated carbocycles. The third-order valence-corrected chi connectivity index (χ3v) is 3.48. The molecule has 0 bridgehead atoms. The second-order valence-corrected chi connectivity index (χ2v) is 5.38. The number of rotatable bonds is 9. The Morgan fingerprint density at radius 3 is 2.41 bits per heavy atom. The molecule has 0 aliphatic carbocycles. The lowest BCUT2D eigenvalue weighted by atomic mass is 9.99. The fourth-order valence-corrected chi connectivity index (χ4v) is 2.28. The maximum absolute atomic E-state index is 13.4. The second kappa shape index (κ2) is 10.2. The lowest BCUT2D eigenvalue weighted by molar-refractivity contribution is -0.142. The Balaban J connectivity index is 3.64. The third-order valence-electron chi connectivity index (χ3n) is 3.48. The number of esters is 1. The van der Waals surface area contributed by atoms with Gasteiger partial charge in [0.25, 0.3) is 6.43 Å². The van der Waals surface area contributed by atoms with Crippen LogP contribution in [0.25, 0.3) is 0 Å². The van der Waals surface area contributed by atoms with Gasteiger partial charge in [-0.2, -0.15) is 13.2 Å². The average Bonchev–Trinajstić information content (AvgIpc) is 2.59. The molecule has 10 heteroatoms. The summed E-state index contributed by atoms with van der Waals surface area (Å²) in [5, 5.41) is 0. The minimum atomic E-state index is -5.12. The first kappa shape index (κ1) is 22.8. The lowest BCUT2D eigenvalue weighted by Gasteiger charge is -2.18. The first-order valence-corrected chi connectivity index (χ1v) is 8.42. The molecule has 1 aromatic rings. The van der Waals surface area contributed by atoms with Gasteiger partial charge in [0.1, 0.15) is 5.69 Å². The Hall–Kier alpha value is -2.26. The van der Waals surface area contributed by atoms with Crippen LogP contribution in [0.3, 0.4) is 0 Å². The highest BCUT2D eigenvalue weighted by Crippen LogP contribution is 2.40. The third kappa shape index (κ3) is 5.86. The van der Waals surface area contributed by atoms with Crippen molar-refractivity contribution < 1.29 is 36.2 Å². The van der Waals surface area contributed by atoms with Gasteiger partial charge in [0, 0.05) is 0 Å². The van der Waals surface area contributed by atoms with Gasteiger partial charge in [0.2, 0.25) is 0 Å². The molecule has 0 N–H and O–H groups in total. The highest BCUT2D eigenvalue weighted by Gasteiger charge is 2.41. The maximum atomic E-state index is 13.4. The minimum absolute atomic E-state index is 0.166. The molecule has 0 unspecified atom stereocenters. The Bertz CT molecular complexity index is 676. The molecule has 27 heavy (non-hydrogen) atoms. The van der Waals surface area contributed by atoms with Crippen LogP contribution in [0.1, 0.15) is 67.3 Å². The summed E-state index contributed by atoms with van der Waals surface area (Å²) in [6, 6.07) is 0. The number of aliphatic imine (C=N–C) groups is 1. The van der Waals surface area contributed by atoms with Crippen molar-refractivity contribution in [2.75, 3.05) is 13.2 Å². The average molecular weight is 396 g/mol. The number of pyridine rings is 1. The molecule has 0 saturated heterocycles. The van der Waals surface area contributed by atoms with Crippen LogP contribution in [0.2, 0.25) is 0 Å². The van der Waals surface area contributed by atoms with Gasteiger partial charge in [-0.05, 0) is 25.3 Å². The zero-order chi connectivity index (χ0) is 20.6. The highest BCUT2D eigenvalue weighted by molar-refractivity contribution is 5.94. The lowest BCUT2D eigenvalue weighted by Crippen LogP contribution is -2.21. The van der Waals surface area contributed by atoms with Crippen molar-refractivity contribution in [2.45, 2.75) is 52.6 Å². The Morgan fingerprint density at radius 1 is 1.26 bits per heavy atom. The van der Waals surface area contributed by atoms with Crippen LogP contribution >= 0.6 is 0 Å². The fourth-order valence-electron chi connectivity index (χ4n) is 2.28. The van der Waals surface area contributed by atoms with Gasteiger partial charge in [0.15, 0.2) is 12.1 Å². The zero-order valence-corrected chi connectivity index (χ0v) is 15.2. The van der Waals surface area contributed by atoms with Gasteiger partial charge in [-0.1, -0.05) is 20.3 Å². The first-order chi connectivity index (χ1) is 12.7. The number of nitrogens with zero attached hydrogens (tertiary/aromatic N) is 2. The number of carbonyl (C=O) groups excluding carboxylic acids is 1. The Labute approximate surface area is 153 Å². The summed E-state index contributed by atoms with van der Waals surface area (Å²) < 4.78 is 76.5. The molecule has 0 spiro atoms. The van der Waals surface area contributed by atoms with Crippen molar-refractivity contribution in [3.8, 4) is 0 Å². The Morgan fingerprint density at radius 2 is 1.93 bits per heavy atom. The van der Waals surface area contributed by atoms with Crippen molar-refractivity contribution in [1.29, 1.82) is 0 Å². The van der Waals surface area contributed by atoms with Gasteiger partial charge >= 0.3 is 12.1 Å². The van der Waals surface area contributed by atoms with Gasteiger partial charge in [-0.15, -0.1) is 0 Å². The van der Waals surface area contributed by atoms with E-state index in [1.165, 1.54) is 13.8 Å². The minimum Gasteiger partial charge on any atom is -0.483 e. The van der Waals surface area contributed by atoms with Crippen molar-refractivity contribution in [2.24, 2.45) is 4.99 Å². The molecule has 0 aliphatic rings. The molecular formula is C17H21F5N2O3. The summed E-state index contributed by atoms with van der Waals surface area (Å²) in [6.07, 6.45) is -6.22. The van der Waals surface area contributed by atoms with Crippen LogP contribution in [0.15, 0.2) is 4.99 Å². The van der Waals surface area contributed by atoms with Crippen LogP contribution in [-0.4, -0.2) is 30.6 Å². The number of alkyl halides is 5. The van der Waals surface area contributed by atoms with E-state index >= 15 is 0 Å². The fraction of sp³-hybridized carbons (Fsp3) is 0.588. The van der Waals surface area contributed by atoms with Gasteiger partial charge in [-0.3, -0.25) is 0 Å². The summed E-state index contributed by atoms with van der Waals surface area (Å²) >= 11 is 0. The molecule has 0 atom stereocenters. The monoisotopic (exact) mass is 396 g/mol. The number of ether oxygens (including phenoxy) is 2. The molecule has 0 radical (unpaired) electrons. The topological polar surface area (TPSA) is 60.8 Å². The normalized spacial score (nSPS) is 12.0. The summed E-state index contributed by atoms with van der Waals surface area (Å²) in [7, 11) is 0. The van der Waals surface area contributed by atoms with E-state index in [0.717, 1.165) is 12.8 Å². The number of carbonyl (C=O) groups is 1. The predicted molar refractivity (Wildman–Crippen MR) is 88.5 cm³/mol. The van der Waals surface area contributed by atoms with Crippen molar-refractivity contribution in [3.05, 3.63) is 22.5 Å². The number of aromatic nitrogens is 1. The molecule has 0 fully saturated rings. The molecule has 0 aliphatic heterocycles. The van der Waals surface area contributed by atoms with Crippen molar-refractivity contribution in [3.63, 3.8) is 0 Å². The number of hydrogen-bond acceptors (Lipinski definition) is 5. The number of halogens is 5. The van der Waals surface area contributed by atoms with Gasteiger partial charge in [0.05, 0.1) is 24.5 Å². The van der Waals surface area contributed by atoms with E-state index < -0.39 is 41.2 Å². The van der Waals surface area contributed by atoms with E-state index in [4.69, 9.17) is 4.74 Å². The summed E-state index contributed by atoms with van der Waals surface area (Å²) in [5.74, 6) is -1.29. The molecule has 1 rings (SSSR count). The van der Waals surface area contributed by atoms with E-state index in [2.05, 4.69) is 14.7 Å². The van der Waals surface area contributed by atoms with Crippen molar-refractivity contribution in [1.82, 2.24) is 4.98 Å². The largest absolute Gasteiger partial charge is 0.483 e. The Kier molecular flexibility index (Phi) is 8.58. The summed E-state index contributed by atoms with van der Waals surface area (Å²) in [4.78, 5) is 18.9. The van der Waals surface area contributed by atoms with Crippen LogP contribution in [-0.2, 0) is 22.1 Å². The molecule has 1 heterocycles. The number of unbranched alkanes of at least 4 members (excludes halogenated alkanes) is 1. The molecule has 1 aromatic heterocycles. The maximum Gasteiger partial charge on any atom is 0.434 e. The van der Waals surface area contributed by atoms with E-state index in [1.807, 2.05) is 6.92 Å². The highest BCUT2D eigenvalue weighted by atomic mass is 19.4. The molecule has 0 aromatic carbocycles. The van der Waals surface area contributed by atoms with Crippen LogP contribution in [0.4, 0.5) is 27.6 Å². The van der Waals surface area contributed by atoms with E-state index in [1.54, 1.807) is 0 Å². The summed E-state index contributed by atoms with van der Waals surface area (Å²) in [5.41, 5.74) is -4.61. The number of hydrogen-bond donors (Lipinski definition) is 0. The second-order valence-electron chi connectivity index (χ2n) is 5.38. The van der Waals surface area contributed by atoms with Crippen LogP contribution in [0, 0.1) is 0 Å². The molecule has 152 valence electrons. The van der Waals surface area contributed by atoms with Gasteiger partial charge < -0.3 is 9.47 Å².